The van der Waals surface area contributed by atoms with E-state index >= 15 is 0 Å². The molecule has 0 radical (unpaired) electrons. The first-order chi connectivity index (χ1) is 20.4. The van der Waals surface area contributed by atoms with Crippen LogP contribution >= 0.6 is 11.6 Å². The summed E-state index contributed by atoms with van der Waals surface area (Å²) < 4.78 is 45.3. The fourth-order valence-electron chi connectivity index (χ4n) is 4.38. The maximum absolute atomic E-state index is 12.9. The highest BCUT2D eigenvalue weighted by atomic mass is 35.5. The Bertz CT molecular complexity index is 1380. The highest BCUT2D eigenvalue weighted by molar-refractivity contribution is 6.32. The molecule has 9 nitrogen and oxygen atoms in total. The van der Waals surface area contributed by atoms with Gasteiger partial charge in [-0.25, -0.2) is 9.78 Å². The lowest BCUT2D eigenvalue weighted by atomic mass is 10.0. The summed E-state index contributed by atoms with van der Waals surface area (Å²) in [7, 11) is 0. The number of hydrogen-bond donors (Lipinski definition) is 4. The Kier molecular flexibility index (Phi) is 11.8. The molecule has 0 bridgehead atoms. The first kappa shape index (κ1) is 33.7. The third-order valence-corrected chi connectivity index (χ3v) is 7.02. The van der Waals surface area contributed by atoms with Gasteiger partial charge < -0.3 is 30.4 Å². The van der Waals surface area contributed by atoms with E-state index in [0.717, 1.165) is 29.6 Å². The largest absolute Gasteiger partial charge is 0.480 e. The first-order valence-electron chi connectivity index (χ1n) is 14.0. The van der Waals surface area contributed by atoms with Gasteiger partial charge >= 0.3 is 12.2 Å². The number of aliphatic hydroxyl groups is 1. The molecule has 0 aliphatic rings. The van der Waals surface area contributed by atoms with Crippen LogP contribution in [0.15, 0.2) is 48.7 Å². The van der Waals surface area contributed by atoms with Gasteiger partial charge in [-0.3, -0.25) is 4.79 Å². The fraction of sp³-hybridized carbons (Fsp3) is 0.433. The predicted molar refractivity (Wildman–Crippen MR) is 158 cm³/mol. The van der Waals surface area contributed by atoms with E-state index in [1.807, 2.05) is 55.8 Å². The van der Waals surface area contributed by atoms with Crippen LogP contribution in [0.5, 0.6) is 5.75 Å². The van der Waals surface area contributed by atoms with Crippen molar-refractivity contribution in [2.45, 2.75) is 71.4 Å². The molecule has 1 heterocycles. The molecule has 3 rings (SSSR count). The van der Waals surface area contributed by atoms with Crippen LogP contribution in [0.1, 0.15) is 61.9 Å². The molecule has 3 aromatic rings. The summed E-state index contributed by atoms with van der Waals surface area (Å²) in [5.74, 6) is 0.0622. The molecule has 0 saturated heterocycles. The topological polar surface area (TPSA) is 118 Å². The summed E-state index contributed by atoms with van der Waals surface area (Å²) in [6.45, 7) is 7.62. The molecule has 13 heteroatoms. The molecule has 234 valence electrons. The second kappa shape index (κ2) is 15.1. The zero-order valence-electron chi connectivity index (χ0n) is 24.5. The second-order valence-corrected chi connectivity index (χ2v) is 10.4. The minimum Gasteiger partial charge on any atom is -0.480 e. The average molecular weight is 624 g/mol. The Morgan fingerprint density at radius 1 is 1.09 bits per heavy atom. The SMILES string of the molecule is CCNC(=O)N[C@H](C)c1nc(-c2ccc(C[C@@H](CCO)NC(=O)c3ccc(O[C@H](C)C(F)(F)F)c(Cl)c3)cc2)cn1CC. The van der Waals surface area contributed by atoms with Gasteiger partial charge in [-0.1, -0.05) is 35.9 Å². The molecule has 4 N–H and O–H groups in total. The molecule has 43 heavy (non-hydrogen) atoms. The predicted octanol–water partition coefficient (Wildman–Crippen LogP) is 5.66. The number of amides is 3. The van der Waals surface area contributed by atoms with Gasteiger partial charge in [0, 0.05) is 43.1 Å². The molecule has 3 amide bonds. The molecule has 2 aromatic carbocycles. The Labute approximate surface area is 253 Å². The number of aromatic nitrogens is 2. The number of aliphatic hydroxyl groups excluding tert-OH is 1. The van der Waals surface area contributed by atoms with Crippen molar-refractivity contribution in [3.63, 3.8) is 0 Å². The van der Waals surface area contributed by atoms with Crippen LogP contribution in [-0.4, -0.2) is 58.1 Å². The number of nitrogens with zero attached hydrogens (tertiary/aromatic N) is 2. The zero-order valence-corrected chi connectivity index (χ0v) is 25.2. The lowest BCUT2D eigenvalue weighted by molar-refractivity contribution is -0.189. The highest BCUT2D eigenvalue weighted by Crippen LogP contribution is 2.31. The summed E-state index contributed by atoms with van der Waals surface area (Å²) in [5.41, 5.74) is 2.68. The van der Waals surface area contributed by atoms with Crippen LogP contribution in [0.25, 0.3) is 11.3 Å². The van der Waals surface area contributed by atoms with Gasteiger partial charge in [-0.05, 0) is 64.3 Å². The molecular formula is C30H37ClF3N5O4. The molecule has 0 aliphatic carbocycles. The third kappa shape index (κ3) is 9.36. The van der Waals surface area contributed by atoms with E-state index < -0.39 is 24.2 Å². The number of rotatable bonds is 13. The average Bonchev–Trinajstić information content (AvgIpc) is 3.39. The summed E-state index contributed by atoms with van der Waals surface area (Å²) in [4.78, 5) is 29.6. The number of halogens is 4. The maximum Gasteiger partial charge on any atom is 0.425 e. The summed E-state index contributed by atoms with van der Waals surface area (Å²) in [5, 5.41) is 17.9. The van der Waals surface area contributed by atoms with Gasteiger partial charge in [-0.15, -0.1) is 0 Å². The molecule has 0 aliphatic heterocycles. The van der Waals surface area contributed by atoms with Crippen LogP contribution in [0, 0.1) is 0 Å². The van der Waals surface area contributed by atoms with Gasteiger partial charge in [0.15, 0.2) is 6.10 Å². The van der Waals surface area contributed by atoms with E-state index in [4.69, 9.17) is 21.3 Å². The Morgan fingerprint density at radius 2 is 1.79 bits per heavy atom. The molecule has 0 unspecified atom stereocenters. The minimum absolute atomic E-state index is 0.124. The molecule has 0 saturated carbocycles. The van der Waals surface area contributed by atoms with Crippen molar-refractivity contribution in [2.75, 3.05) is 13.2 Å². The van der Waals surface area contributed by atoms with E-state index in [0.29, 0.717) is 19.5 Å². The van der Waals surface area contributed by atoms with E-state index in [1.165, 1.54) is 18.2 Å². The number of urea groups is 1. The number of ether oxygens (including phenoxy) is 1. The molecule has 3 atom stereocenters. The third-order valence-electron chi connectivity index (χ3n) is 6.72. The van der Waals surface area contributed by atoms with Crippen LogP contribution in [0.4, 0.5) is 18.0 Å². The van der Waals surface area contributed by atoms with E-state index in [1.54, 1.807) is 0 Å². The van der Waals surface area contributed by atoms with E-state index in [9.17, 15) is 27.9 Å². The van der Waals surface area contributed by atoms with Gasteiger partial charge in [0.05, 0.1) is 16.8 Å². The summed E-state index contributed by atoms with van der Waals surface area (Å²) in [6, 6.07) is 10.5. The number of hydrogen-bond acceptors (Lipinski definition) is 5. The number of nitrogens with one attached hydrogen (secondary N) is 3. The maximum atomic E-state index is 12.9. The van der Waals surface area contributed by atoms with Crippen LogP contribution in [0.2, 0.25) is 5.02 Å². The van der Waals surface area contributed by atoms with E-state index in [2.05, 4.69) is 16.0 Å². The van der Waals surface area contributed by atoms with Crippen LogP contribution in [0.3, 0.4) is 0 Å². The molecule has 0 fully saturated rings. The number of carbonyl (C=O) groups excluding carboxylic acids is 2. The Hall–Kier alpha value is -3.77. The fourth-order valence-corrected chi connectivity index (χ4v) is 4.61. The van der Waals surface area contributed by atoms with Crippen molar-refractivity contribution in [2.24, 2.45) is 0 Å². The van der Waals surface area contributed by atoms with E-state index in [-0.39, 0.29) is 41.4 Å². The number of aryl methyl sites for hydroxylation is 1. The lowest BCUT2D eigenvalue weighted by Crippen LogP contribution is -2.37. The van der Waals surface area contributed by atoms with Crippen molar-refractivity contribution in [1.29, 1.82) is 0 Å². The Balaban J connectivity index is 1.68. The smallest absolute Gasteiger partial charge is 0.425 e. The monoisotopic (exact) mass is 623 g/mol. The molecular weight excluding hydrogens is 587 g/mol. The second-order valence-electron chi connectivity index (χ2n) is 10.0. The molecule has 1 aromatic heterocycles. The standard InChI is InChI=1S/C30H37ClF3N5O4/c1-5-35-29(42)36-18(3)27-38-25(17-39(27)6-2)21-9-7-20(8-10-21)15-23(13-14-40)37-28(41)22-11-12-26(24(31)16-22)43-19(4)30(32,33)34/h7-12,16-19,23,40H,5-6,13-15H2,1-4H3,(H,37,41)(H2,35,36,42)/t18-,19-,23-/m1/s1. The highest BCUT2D eigenvalue weighted by Gasteiger charge is 2.38. The summed E-state index contributed by atoms with van der Waals surface area (Å²) in [6.07, 6.45) is -3.98. The number of carbonyl (C=O) groups is 2. The molecule has 0 spiro atoms. The van der Waals surface area contributed by atoms with Gasteiger partial charge in [0.2, 0.25) is 0 Å². The van der Waals surface area contributed by atoms with Crippen molar-refractivity contribution in [1.82, 2.24) is 25.5 Å². The Morgan fingerprint density at radius 3 is 2.37 bits per heavy atom. The number of imidazole rings is 1. The zero-order chi connectivity index (χ0) is 31.7. The normalized spacial score (nSPS) is 13.6. The van der Waals surface area contributed by atoms with Crippen molar-refractivity contribution < 1.29 is 32.6 Å². The van der Waals surface area contributed by atoms with Crippen molar-refractivity contribution >= 4 is 23.5 Å². The first-order valence-corrected chi connectivity index (χ1v) is 14.4. The van der Waals surface area contributed by atoms with Gasteiger partial charge in [-0.2, -0.15) is 13.2 Å². The van der Waals surface area contributed by atoms with Crippen LogP contribution < -0.4 is 20.7 Å². The van der Waals surface area contributed by atoms with Gasteiger partial charge in [0.1, 0.15) is 11.6 Å². The van der Waals surface area contributed by atoms with Crippen molar-refractivity contribution in [3.8, 4) is 17.0 Å². The minimum atomic E-state index is -4.56. The van der Waals surface area contributed by atoms with Gasteiger partial charge in [0.25, 0.3) is 5.91 Å². The quantitative estimate of drug-likeness (QED) is 0.196. The van der Waals surface area contributed by atoms with Crippen molar-refractivity contribution in [3.05, 3.63) is 70.6 Å². The lowest BCUT2D eigenvalue weighted by Gasteiger charge is -2.20. The van der Waals surface area contributed by atoms with Crippen LogP contribution in [-0.2, 0) is 13.0 Å². The summed E-state index contributed by atoms with van der Waals surface area (Å²) >= 11 is 6.09. The number of alkyl halides is 3. The number of benzene rings is 2.